The van der Waals surface area contributed by atoms with Gasteiger partial charge in [-0.1, -0.05) is 6.07 Å². The number of nitrogens with two attached hydrogens (primary N) is 1. The van der Waals surface area contributed by atoms with E-state index in [9.17, 15) is 14.9 Å². The summed E-state index contributed by atoms with van der Waals surface area (Å²) in [6, 6.07) is 4.49. The molecule has 0 heterocycles. The average molecular weight is 222 g/mol. The molecule has 0 saturated heterocycles. The molecule has 6 nitrogen and oxygen atoms in total. The Balaban J connectivity index is 3.14. The molecular weight excluding hydrogens is 212 g/mol. The lowest BCUT2D eigenvalue weighted by atomic mass is 10.1. The second-order valence-corrected chi connectivity index (χ2v) is 2.90. The van der Waals surface area contributed by atoms with Crippen molar-refractivity contribution in [3.8, 4) is 0 Å². The molecule has 0 radical (unpaired) electrons. The summed E-state index contributed by atoms with van der Waals surface area (Å²) in [7, 11) is 1.22. The third-order valence-electron chi connectivity index (χ3n) is 1.88. The molecule has 0 spiro atoms. The summed E-state index contributed by atoms with van der Waals surface area (Å²) in [4.78, 5) is 21.0. The SMILES string of the molecule is COC(=O)C=Cc1cccc(N)c1[N+](=O)[O-]. The van der Waals surface area contributed by atoms with Crippen LogP contribution >= 0.6 is 0 Å². The van der Waals surface area contributed by atoms with Crippen LogP contribution in [0.2, 0.25) is 0 Å². The molecule has 84 valence electrons. The third kappa shape index (κ3) is 2.57. The van der Waals surface area contributed by atoms with Crippen LogP contribution in [0.3, 0.4) is 0 Å². The summed E-state index contributed by atoms with van der Waals surface area (Å²) in [5, 5.41) is 10.7. The molecule has 0 amide bonds. The highest BCUT2D eigenvalue weighted by Crippen LogP contribution is 2.26. The molecule has 1 aromatic rings. The number of benzene rings is 1. The fraction of sp³-hybridized carbons (Fsp3) is 0.100. The van der Waals surface area contributed by atoms with Crippen molar-refractivity contribution in [2.45, 2.75) is 0 Å². The number of anilines is 1. The summed E-state index contributed by atoms with van der Waals surface area (Å²) in [6.45, 7) is 0. The first-order chi connectivity index (χ1) is 7.56. The van der Waals surface area contributed by atoms with Gasteiger partial charge in [0.2, 0.25) is 0 Å². The maximum absolute atomic E-state index is 10.8. The van der Waals surface area contributed by atoms with Crippen LogP contribution in [-0.2, 0) is 9.53 Å². The van der Waals surface area contributed by atoms with Crippen molar-refractivity contribution in [1.29, 1.82) is 0 Å². The highest BCUT2D eigenvalue weighted by molar-refractivity contribution is 5.88. The molecule has 0 fully saturated rings. The van der Waals surface area contributed by atoms with E-state index < -0.39 is 10.9 Å². The van der Waals surface area contributed by atoms with Crippen LogP contribution in [0.4, 0.5) is 11.4 Å². The zero-order valence-corrected chi connectivity index (χ0v) is 8.54. The highest BCUT2D eigenvalue weighted by Gasteiger charge is 2.15. The molecule has 0 saturated carbocycles. The van der Waals surface area contributed by atoms with Crippen LogP contribution in [0, 0.1) is 10.1 Å². The van der Waals surface area contributed by atoms with Crippen molar-refractivity contribution in [1.82, 2.24) is 0 Å². The van der Waals surface area contributed by atoms with Gasteiger partial charge in [0.25, 0.3) is 5.69 Å². The molecule has 0 aliphatic carbocycles. The van der Waals surface area contributed by atoms with E-state index in [4.69, 9.17) is 5.73 Å². The zero-order chi connectivity index (χ0) is 12.1. The number of nitro groups is 1. The lowest BCUT2D eigenvalue weighted by molar-refractivity contribution is -0.384. The largest absolute Gasteiger partial charge is 0.466 e. The normalized spacial score (nSPS) is 10.3. The molecule has 0 unspecified atom stereocenters. The number of para-hydroxylation sites is 1. The number of carbonyl (C=O) groups is 1. The number of ether oxygens (including phenoxy) is 1. The van der Waals surface area contributed by atoms with E-state index in [0.29, 0.717) is 0 Å². The summed E-state index contributed by atoms with van der Waals surface area (Å²) >= 11 is 0. The van der Waals surface area contributed by atoms with E-state index in [-0.39, 0.29) is 16.9 Å². The van der Waals surface area contributed by atoms with E-state index in [1.807, 2.05) is 0 Å². The summed E-state index contributed by atoms with van der Waals surface area (Å²) in [5.41, 5.74) is 5.56. The van der Waals surface area contributed by atoms with E-state index in [1.165, 1.54) is 25.3 Å². The Morgan fingerprint density at radius 3 is 2.81 bits per heavy atom. The second-order valence-electron chi connectivity index (χ2n) is 2.90. The fourth-order valence-electron chi connectivity index (χ4n) is 1.15. The van der Waals surface area contributed by atoms with Gasteiger partial charge in [0, 0.05) is 6.08 Å². The standard InChI is InChI=1S/C10H10N2O4/c1-16-9(13)6-5-7-3-2-4-8(11)10(7)12(14)15/h2-6H,11H2,1H3. The van der Waals surface area contributed by atoms with Gasteiger partial charge in [-0.25, -0.2) is 4.79 Å². The van der Waals surface area contributed by atoms with Crippen molar-refractivity contribution < 1.29 is 14.5 Å². The number of hydrogen-bond donors (Lipinski definition) is 1. The first kappa shape index (κ1) is 11.7. The second kappa shape index (κ2) is 4.92. The van der Waals surface area contributed by atoms with Gasteiger partial charge in [-0.05, 0) is 18.2 Å². The van der Waals surface area contributed by atoms with Crippen LogP contribution in [0.15, 0.2) is 24.3 Å². The number of methoxy groups -OCH3 is 1. The van der Waals surface area contributed by atoms with Gasteiger partial charge < -0.3 is 10.5 Å². The van der Waals surface area contributed by atoms with Crippen molar-refractivity contribution in [3.05, 3.63) is 40.0 Å². The Labute approximate surface area is 91.5 Å². The lowest BCUT2D eigenvalue weighted by Crippen LogP contribution is -1.98. The summed E-state index contributed by atoms with van der Waals surface area (Å²) < 4.78 is 4.38. The number of nitrogen functional groups attached to an aromatic ring is 1. The van der Waals surface area contributed by atoms with Crippen LogP contribution in [0.1, 0.15) is 5.56 Å². The number of carbonyl (C=O) groups excluding carboxylic acids is 1. The number of hydrogen-bond acceptors (Lipinski definition) is 5. The topological polar surface area (TPSA) is 95.5 Å². The van der Waals surface area contributed by atoms with Gasteiger partial charge in [0.1, 0.15) is 5.69 Å². The molecule has 1 rings (SSSR count). The van der Waals surface area contributed by atoms with Gasteiger partial charge in [-0.2, -0.15) is 0 Å². The molecule has 0 aliphatic heterocycles. The fourth-order valence-corrected chi connectivity index (χ4v) is 1.15. The maximum atomic E-state index is 10.8. The van der Waals surface area contributed by atoms with E-state index in [2.05, 4.69) is 4.74 Å². The number of nitrogens with zero attached hydrogens (tertiary/aromatic N) is 1. The molecule has 1 aromatic carbocycles. The molecule has 0 aromatic heterocycles. The van der Waals surface area contributed by atoms with Crippen molar-refractivity contribution >= 4 is 23.4 Å². The van der Waals surface area contributed by atoms with Crippen molar-refractivity contribution in [2.24, 2.45) is 0 Å². The van der Waals surface area contributed by atoms with Gasteiger partial charge in [0.05, 0.1) is 17.6 Å². The molecule has 0 aliphatic rings. The van der Waals surface area contributed by atoms with Crippen LogP contribution in [0.5, 0.6) is 0 Å². The van der Waals surface area contributed by atoms with Crippen LogP contribution in [0.25, 0.3) is 6.08 Å². The molecule has 2 N–H and O–H groups in total. The third-order valence-corrected chi connectivity index (χ3v) is 1.88. The van der Waals surface area contributed by atoms with Gasteiger partial charge >= 0.3 is 5.97 Å². The van der Waals surface area contributed by atoms with Crippen LogP contribution < -0.4 is 5.73 Å². The average Bonchev–Trinajstić information content (AvgIpc) is 2.25. The van der Waals surface area contributed by atoms with Crippen molar-refractivity contribution in [2.75, 3.05) is 12.8 Å². The summed E-state index contributed by atoms with van der Waals surface area (Å²) in [5.74, 6) is -0.586. The Morgan fingerprint density at radius 2 is 2.25 bits per heavy atom. The molecule has 0 atom stereocenters. The summed E-state index contributed by atoms with van der Waals surface area (Å²) in [6.07, 6.45) is 2.39. The minimum atomic E-state index is -0.591. The monoisotopic (exact) mass is 222 g/mol. The van der Waals surface area contributed by atoms with Gasteiger partial charge in [0.15, 0.2) is 0 Å². The van der Waals surface area contributed by atoms with Crippen LogP contribution in [-0.4, -0.2) is 18.0 Å². The highest BCUT2D eigenvalue weighted by atomic mass is 16.6. The van der Waals surface area contributed by atoms with E-state index in [1.54, 1.807) is 6.07 Å². The first-order valence-corrected chi connectivity index (χ1v) is 4.35. The first-order valence-electron chi connectivity index (χ1n) is 4.35. The smallest absolute Gasteiger partial charge is 0.330 e. The predicted molar refractivity (Wildman–Crippen MR) is 58.6 cm³/mol. The molecule has 0 bridgehead atoms. The van der Waals surface area contributed by atoms with Gasteiger partial charge in [-0.15, -0.1) is 0 Å². The van der Waals surface area contributed by atoms with Gasteiger partial charge in [-0.3, -0.25) is 10.1 Å². The number of esters is 1. The molecule has 6 heteroatoms. The van der Waals surface area contributed by atoms with Crippen molar-refractivity contribution in [3.63, 3.8) is 0 Å². The Morgan fingerprint density at radius 1 is 1.56 bits per heavy atom. The predicted octanol–water partition coefficient (Wildman–Crippen LogP) is 1.36. The zero-order valence-electron chi connectivity index (χ0n) is 8.54. The Bertz CT molecular complexity index is 454. The molecule has 16 heavy (non-hydrogen) atoms. The Kier molecular flexibility index (Phi) is 3.60. The quantitative estimate of drug-likeness (QED) is 0.274. The maximum Gasteiger partial charge on any atom is 0.330 e. The minimum Gasteiger partial charge on any atom is -0.466 e. The molecular formula is C10H10N2O4. The number of rotatable bonds is 3. The minimum absolute atomic E-state index is 0.0528. The van der Waals surface area contributed by atoms with E-state index in [0.717, 1.165) is 6.08 Å². The Hall–Kier alpha value is -2.37. The van der Waals surface area contributed by atoms with E-state index >= 15 is 0 Å². The lowest BCUT2D eigenvalue weighted by Gasteiger charge is -2.00. The number of nitro benzene ring substituents is 1.